The molecule has 0 aliphatic carbocycles. The number of nitrogens with zero attached hydrogens (tertiary/aromatic N) is 1. The summed E-state index contributed by atoms with van der Waals surface area (Å²) in [6.45, 7) is 6.37. The average Bonchev–Trinajstić information content (AvgIpc) is 2.63. The molecule has 1 amide bonds. The van der Waals surface area contributed by atoms with Crippen molar-refractivity contribution in [2.24, 2.45) is 5.92 Å². The van der Waals surface area contributed by atoms with Crippen LogP contribution in [0.1, 0.15) is 51.6 Å². The number of carbonyl (C=O) groups excluding carboxylic acids is 1. The second-order valence-electron chi connectivity index (χ2n) is 6.93. The smallest absolute Gasteiger partial charge is 0.230 e. The van der Waals surface area contributed by atoms with Crippen molar-refractivity contribution in [3.05, 3.63) is 60.2 Å². The van der Waals surface area contributed by atoms with Gasteiger partial charge in [-0.25, -0.2) is 0 Å². The summed E-state index contributed by atoms with van der Waals surface area (Å²) in [5, 5.41) is 3.65. The van der Waals surface area contributed by atoms with Crippen LogP contribution in [0.5, 0.6) is 0 Å². The van der Waals surface area contributed by atoms with E-state index < -0.39 is 0 Å². The number of carbonyl (C=O) groups is 1. The maximum atomic E-state index is 13.1. The predicted molar refractivity (Wildman–Crippen MR) is 105 cm³/mol. The van der Waals surface area contributed by atoms with Crippen molar-refractivity contribution < 1.29 is 4.79 Å². The van der Waals surface area contributed by atoms with E-state index in [2.05, 4.69) is 56.4 Å². The first-order valence-corrected chi connectivity index (χ1v) is 9.39. The Morgan fingerprint density at radius 2 is 1.72 bits per heavy atom. The average molecular weight is 336 g/mol. The number of hydrogen-bond donors (Lipinski definition) is 1. The monoisotopic (exact) mass is 336 g/mol. The molecule has 0 spiro atoms. The molecule has 0 saturated carbocycles. The molecule has 3 heteroatoms. The minimum atomic E-state index is 0.106. The summed E-state index contributed by atoms with van der Waals surface area (Å²) in [5.41, 5.74) is 3.39. The standard InChI is InChI=1S/C22H28N2O/c1-4-17(5-2)22(25)24-16(3)15-20(19-13-9-10-14-21(19)24)23-18-11-7-6-8-12-18/h6-14,16-17,20,23H,4-5,15H2,1-3H3. The van der Waals surface area contributed by atoms with Gasteiger partial charge in [0.1, 0.15) is 0 Å². The normalized spacial score (nSPS) is 19.6. The van der Waals surface area contributed by atoms with Crippen LogP contribution in [0, 0.1) is 5.92 Å². The van der Waals surface area contributed by atoms with Crippen molar-refractivity contribution in [1.82, 2.24) is 0 Å². The molecule has 25 heavy (non-hydrogen) atoms. The maximum Gasteiger partial charge on any atom is 0.230 e. The van der Waals surface area contributed by atoms with Crippen LogP contribution < -0.4 is 10.2 Å². The van der Waals surface area contributed by atoms with Crippen LogP contribution in [0.15, 0.2) is 54.6 Å². The van der Waals surface area contributed by atoms with Gasteiger partial charge in [0.15, 0.2) is 0 Å². The number of anilines is 2. The molecule has 0 aromatic heterocycles. The largest absolute Gasteiger partial charge is 0.378 e. The summed E-state index contributed by atoms with van der Waals surface area (Å²) in [7, 11) is 0. The van der Waals surface area contributed by atoms with Crippen LogP contribution in [0.4, 0.5) is 11.4 Å². The van der Waals surface area contributed by atoms with Crippen molar-refractivity contribution in [3.63, 3.8) is 0 Å². The van der Waals surface area contributed by atoms with Crippen LogP contribution in [0.3, 0.4) is 0 Å². The van der Waals surface area contributed by atoms with E-state index in [4.69, 9.17) is 0 Å². The van der Waals surface area contributed by atoms with Gasteiger partial charge < -0.3 is 10.2 Å². The molecule has 0 fully saturated rings. The van der Waals surface area contributed by atoms with Crippen LogP contribution in [-0.4, -0.2) is 11.9 Å². The van der Waals surface area contributed by atoms with E-state index in [1.54, 1.807) is 0 Å². The first-order chi connectivity index (χ1) is 12.2. The van der Waals surface area contributed by atoms with Crippen molar-refractivity contribution in [2.75, 3.05) is 10.2 Å². The predicted octanol–water partition coefficient (Wildman–Crippen LogP) is 5.40. The number of benzene rings is 2. The lowest BCUT2D eigenvalue weighted by atomic mass is 9.89. The molecular formula is C22H28N2O. The minimum absolute atomic E-state index is 0.106. The SMILES string of the molecule is CCC(CC)C(=O)N1c2ccccc2C(Nc2ccccc2)CC1C. The van der Waals surface area contributed by atoms with Crippen LogP contribution in [0.2, 0.25) is 0 Å². The highest BCUT2D eigenvalue weighted by molar-refractivity contribution is 5.97. The Balaban J connectivity index is 1.93. The molecule has 2 unspecified atom stereocenters. The van der Waals surface area contributed by atoms with E-state index in [0.717, 1.165) is 30.6 Å². The third-order valence-electron chi connectivity index (χ3n) is 5.28. The van der Waals surface area contributed by atoms with Gasteiger partial charge in [0.25, 0.3) is 0 Å². The molecule has 2 aromatic rings. The van der Waals surface area contributed by atoms with Crippen molar-refractivity contribution in [1.29, 1.82) is 0 Å². The summed E-state index contributed by atoms with van der Waals surface area (Å²) < 4.78 is 0. The van der Waals surface area contributed by atoms with Crippen molar-refractivity contribution in [3.8, 4) is 0 Å². The zero-order valence-electron chi connectivity index (χ0n) is 15.4. The molecule has 132 valence electrons. The fourth-order valence-electron chi connectivity index (χ4n) is 3.86. The van der Waals surface area contributed by atoms with E-state index in [-0.39, 0.29) is 23.9 Å². The fourth-order valence-corrected chi connectivity index (χ4v) is 3.86. The molecular weight excluding hydrogens is 308 g/mol. The van der Waals surface area contributed by atoms with Gasteiger partial charge in [-0.1, -0.05) is 50.2 Å². The number of fused-ring (bicyclic) bond motifs is 1. The van der Waals surface area contributed by atoms with E-state index in [9.17, 15) is 4.79 Å². The summed E-state index contributed by atoms with van der Waals surface area (Å²) in [4.78, 5) is 15.1. The van der Waals surface area contributed by atoms with Crippen molar-refractivity contribution >= 4 is 17.3 Å². The number of para-hydroxylation sites is 2. The van der Waals surface area contributed by atoms with Gasteiger partial charge in [-0.3, -0.25) is 4.79 Å². The highest BCUT2D eigenvalue weighted by atomic mass is 16.2. The van der Waals surface area contributed by atoms with Gasteiger partial charge in [-0.05, 0) is 49.9 Å². The van der Waals surface area contributed by atoms with E-state index >= 15 is 0 Å². The number of rotatable bonds is 5. The lowest BCUT2D eigenvalue weighted by Gasteiger charge is -2.41. The van der Waals surface area contributed by atoms with Crippen molar-refractivity contribution in [2.45, 2.75) is 52.1 Å². The molecule has 0 radical (unpaired) electrons. The van der Waals surface area contributed by atoms with E-state index in [1.807, 2.05) is 29.2 Å². The van der Waals surface area contributed by atoms with Gasteiger partial charge in [-0.15, -0.1) is 0 Å². The lowest BCUT2D eigenvalue weighted by Crippen LogP contribution is -2.46. The molecule has 1 heterocycles. The molecule has 2 aromatic carbocycles. The Labute approximate surface area is 151 Å². The molecule has 3 nitrogen and oxygen atoms in total. The second-order valence-corrected chi connectivity index (χ2v) is 6.93. The molecule has 0 bridgehead atoms. The highest BCUT2D eigenvalue weighted by Crippen LogP contribution is 2.39. The maximum absolute atomic E-state index is 13.1. The topological polar surface area (TPSA) is 32.3 Å². The van der Waals surface area contributed by atoms with Gasteiger partial charge in [0, 0.05) is 23.3 Å². The zero-order valence-corrected chi connectivity index (χ0v) is 15.4. The quantitative estimate of drug-likeness (QED) is 0.792. The fraction of sp³-hybridized carbons (Fsp3) is 0.409. The molecule has 1 N–H and O–H groups in total. The Hall–Kier alpha value is -2.29. The Kier molecular flexibility index (Phi) is 5.42. The molecule has 1 aliphatic rings. The summed E-state index contributed by atoms with van der Waals surface area (Å²) in [6, 6.07) is 19.0. The summed E-state index contributed by atoms with van der Waals surface area (Å²) >= 11 is 0. The second kappa shape index (κ2) is 7.73. The Bertz CT molecular complexity index is 709. The molecule has 0 saturated heterocycles. The molecule has 1 aliphatic heterocycles. The van der Waals surface area contributed by atoms with Gasteiger partial charge in [0.05, 0.1) is 6.04 Å². The zero-order chi connectivity index (χ0) is 17.8. The number of nitrogens with one attached hydrogen (secondary N) is 1. The summed E-state index contributed by atoms with van der Waals surface area (Å²) in [5.74, 6) is 0.372. The number of amides is 1. The first kappa shape index (κ1) is 17.5. The van der Waals surface area contributed by atoms with Crippen LogP contribution >= 0.6 is 0 Å². The van der Waals surface area contributed by atoms with Crippen LogP contribution in [0.25, 0.3) is 0 Å². The van der Waals surface area contributed by atoms with Crippen LogP contribution in [-0.2, 0) is 4.79 Å². The number of hydrogen-bond acceptors (Lipinski definition) is 2. The molecule has 2 atom stereocenters. The third-order valence-corrected chi connectivity index (χ3v) is 5.28. The highest BCUT2D eigenvalue weighted by Gasteiger charge is 2.35. The van der Waals surface area contributed by atoms with Gasteiger partial charge in [0.2, 0.25) is 5.91 Å². The van der Waals surface area contributed by atoms with E-state index in [1.165, 1.54) is 5.56 Å². The van der Waals surface area contributed by atoms with E-state index in [0.29, 0.717) is 0 Å². The van der Waals surface area contributed by atoms with Gasteiger partial charge in [-0.2, -0.15) is 0 Å². The summed E-state index contributed by atoms with van der Waals surface area (Å²) in [6.07, 6.45) is 2.70. The van der Waals surface area contributed by atoms with Gasteiger partial charge >= 0.3 is 0 Å². The first-order valence-electron chi connectivity index (χ1n) is 9.39. The Morgan fingerprint density at radius 3 is 2.40 bits per heavy atom. The third kappa shape index (κ3) is 3.55. The lowest BCUT2D eigenvalue weighted by molar-refractivity contribution is -0.123. The minimum Gasteiger partial charge on any atom is -0.378 e. The molecule has 3 rings (SSSR count). The Morgan fingerprint density at radius 1 is 1.08 bits per heavy atom.